The molecular formula is C15H27N5O. The first kappa shape index (κ1) is 15.9. The van der Waals surface area contributed by atoms with Crippen LogP contribution in [0.2, 0.25) is 0 Å². The number of carbonyl (C=O) groups excluding carboxylic acids is 1. The Kier molecular flexibility index (Phi) is 5.33. The first-order valence-corrected chi connectivity index (χ1v) is 7.88. The second-order valence-electron chi connectivity index (χ2n) is 6.61. The molecule has 1 aromatic heterocycles. The summed E-state index contributed by atoms with van der Waals surface area (Å²) in [6, 6.07) is 0.277. The second kappa shape index (κ2) is 7.02. The molecule has 6 nitrogen and oxygen atoms in total. The van der Waals surface area contributed by atoms with Crippen molar-refractivity contribution in [3.8, 4) is 0 Å². The number of hydrogen-bond donors (Lipinski definition) is 2. The van der Waals surface area contributed by atoms with Crippen LogP contribution < -0.4 is 11.1 Å². The Morgan fingerprint density at radius 3 is 2.90 bits per heavy atom. The molecule has 1 aliphatic carbocycles. The zero-order valence-electron chi connectivity index (χ0n) is 13.2. The molecule has 1 aromatic rings. The summed E-state index contributed by atoms with van der Waals surface area (Å²) in [5.74, 6) is 1.85. The van der Waals surface area contributed by atoms with Gasteiger partial charge >= 0.3 is 0 Å². The molecule has 118 valence electrons. The molecule has 1 aliphatic rings. The van der Waals surface area contributed by atoms with Crippen molar-refractivity contribution in [3.05, 3.63) is 11.9 Å². The van der Waals surface area contributed by atoms with E-state index in [0.29, 0.717) is 30.0 Å². The minimum absolute atomic E-state index is 0.00761. The van der Waals surface area contributed by atoms with Gasteiger partial charge < -0.3 is 11.1 Å². The predicted molar refractivity (Wildman–Crippen MR) is 81.2 cm³/mol. The zero-order valence-corrected chi connectivity index (χ0v) is 13.2. The molecule has 0 spiro atoms. The van der Waals surface area contributed by atoms with Crippen molar-refractivity contribution in [1.29, 1.82) is 0 Å². The van der Waals surface area contributed by atoms with E-state index in [0.717, 1.165) is 6.42 Å². The van der Waals surface area contributed by atoms with Gasteiger partial charge in [-0.05, 0) is 30.6 Å². The van der Waals surface area contributed by atoms with Gasteiger partial charge in [0.25, 0.3) is 0 Å². The monoisotopic (exact) mass is 293 g/mol. The van der Waals surface area contributed by atoms with E-state index in [4.69, 9.17) is 5.73 Å². The Morgan fingerprint density at radius 2 is 2.29 bits per heavy atom. The molecule has 0 saturated heterocycles. The van der Waals surface area contributed by atoms with Crippen LogP contribution in [0.15, 0.2) is 6.20 Å². The van der Waals surface area contributed by atoms with Gasteiger partial charge in [0, 0.05) is 12.6 Å². The molecule has 21 heavy (non-hydrogen) atoms. The lowest BCUT2D eigenvalue weighted by molar-refractivity contribution is -0.123. The van der Waals surface area contributed by atoms with Crippen LogP contribution in [0.1, 0.15) is 45.7 Å². The number of nitrogens with zero attached hydrogens (tertiary/aromatic N) is 3. The fraction of sp³-hybridized carbons (Fsp3) is 0.800. The quantitative estimate of drug-likeness (QED) is 0.857. The molecule has 6 heteroatoms. The average Bonchev–Trinajstić information content (AvgIpc) is 2.85. The molecule has 3 unspecified atom stereocenters. The van der Waals surface area contributed by atoms with Crippen molar-refractivity contribution < 1.29 is 4.79 Å². The van der Waals surface area contributed by atoms with Gasteiger partial charge in [-0.1, -0.05) is 32.4 Å². The standard InChI is InChI=1S/C15H27N5O/c1-10(2)13-5-4-11(3)6-14(13)17-15(21)9-20-8-12(7-16)18-19-20/h8,10-11,13-14H,4-7,9,16H2,1-3H3,(H,17,21). The first-order valence-electron chi connectivity index (χ1n) is 7.88. The fourth-order valence-electron chi connectivity index (χ4n) is 3.28. The van der Waals surface area contributed by atoms with Crippen LogP contribution in [0.5, 0.6) is 0 Å². The molecule has 2 rings (SSSR count). The van der Waals surface area contributed by atoms with E-state index >= 15 is 0 Å². The first-order chi connectivity index (χ1) is 9.99. The average molecular weight is 293 g/mol. The van der Waals surface area contributed by atoms with Gasteiger partial charge in [0.05, 0.1) is 11.9 Å². The van der Waals surface area contributed by atoms with E-state index in [1.54, 1.807) is 10.9 Å². The van der Waals surface area contributed by atoms with Crippen LogP contribution in [0, 0.1) is 17.8 Å². The van der Waals surface area contributed by atoms with Crippen LogP contribution in [0.25, 0.3) is 0 Å². The van der Waals surface area contributed by atoms with E-state index in [9.17, 15) is 4.79 Å². The number of amides is 1. The zero-order chi connectivity index (χ0) is 15.4. The van der Waals surface area contributed by atoms with E-state index in [1.807, 2.05) is 0 Å². The highest BCUT2D eigenvalue weighted by Crippen LogP contribution is 2.33. The minimum atomic E-state index is 0.00761. The topological polar surface area (TPSA) is 85.8 Å². The Hall–Kier alpha value is -1.43. The molecule has 1 amide bonds. The Bertz CT molecular complexity index is 470. The van der Waals surface area contributed by atoms with Crippen molar-refractivity contribution in [2.45, 2.75) is 59.2 Å². The molecule has 3 N–H and O–H groups in total. The van der Waals surface area contributed by atoms with E-state index in [-0.39, 0.29) is 18.5 Å². The van der Waals surface area contributed by atoms with Crippen LogP contribution in [0.4, 0.5) is 0 Å². The van der Waals surface area contributed by atoms with E-state index in [2.05, 4.69) is 36.4 Å². The lowest BCUT2D eigenvalue weighted by Crippen LogP contribution is -2.46. The summed E-state index contributed by atoms with van der Waals surface area (Å²) in [7, 11) is 0. The van der Waals surface area contributed by atoms with E-state index in [1.165, 1.54) is 12.8 Å². The van der Waals surface area contributed by atoms with Crippen molar-refractivity contribution in [1.82, 2.24) is 20.3 Å². The molecule has 0 bridgehead atoms. The fourth-order valence-corrected chi connectivity index (χ4v) is 3.28. The lowest BCUT2D eigenvalue weighted by Gasteiger charge is -2.37. The van der Waals surface area contributed by atoms with Crippen LogP contribution in [-0.4, -0.2) is 26.9 Å². The third kappa shape index (κ3) is 4.27. The summed E-state index contributed by atoms with van der Waals surface area (Å²) in [4.78, 5) is 12.2. The SMILES string of the molecule is CC1CCC(C(C)C)C(NC(=O)Cn2cc(CN)nn2)C1. The summed E-state index contributed by atoms with van der Waals surface area (Å²) >= 11 is 0. The maximum Gasteiger partial charge on any atom is 0.242 e. The van der Waals surface area contributed by atoms with Gasteiger partial charge in [0.1, 0.15) is 6.54 Å². The van der Waals surface area contributed by atoms with E-state index < -0.39 is 0 Å². The molecule has 3 atom stereocenters. The number of aromatic nitrogens is 3. The van der Waals surface area contributed by atoms with Crippen LogP contribution >= 0.6 is 0 Å². The van der Waals surface area contributed by atoms with Crippen molar-refractivity contribution >= 4 is 5.91 Å². The van der Waals surface area contributed by atoms with Crippen molar-refractivity contribution in [2.24, 2.45) is 23.5 Å². The van der Waals surface area contributed by atoms with Gasteiger partial charge in [0.15, 0.2) is 0 Å². The molecule has 1 heterocycles. The van der Waals surface area contributed by atoms with Gasteiger partial charge in [-0.3, -0.25) is 4.79 Å². The molecule has 1 saturated carbocycles. The maximum absolute atomic E-state index is 12.2. The Morgan fingerprint density at radius 1 is 1.52 bits per heavy atom. The van der Waals surface area contributed by atoms with Crippen LogP contribution in [0.3, 0.4) is 0 Å². The highest BCUT2D eigenvalue weighted by atomic mass is 16.2. The Labute approximate surface area is 126 Å². The highest BCUT2D eigenvalue weighted by molar-refractivity contribution is 5.76. The highest BCUT2D eigenvalue weighted by Gasteiger charge is 2.31. The molecule has 0 aliphatic heterocycles. The number of nitrogens with one attached hydrogen (secondary N) is 1. The van der Waals surface area contributed by atoms with Gasteiger partial charge in [0.2, 0.25) is 5.91 Å². The summed E-state index contributed by atoms with van der Waals surface area (Å²) in [6.07, 6.45) is 5.26. The van der Waals surface area contributed by atoms with Gasteiger partial charge in [-0.25, -0.2) is 4.68 Å². The van der Waals surface area contributed by atoms with Crippen molar-refractivity contribution in [3.63, 3.8) is 0 Å². The molecule has 0 aromatic carbocycles. The smallest absolute Gasteiger partial charge is 0.242 e. The summed E-state index contributed by atoms with van der Waals surface area (Å²) in [5, 5.41) is 11.0. The Balaban J connectivity index is 1.93. The predicted octanol–water partition coefficient (Wildman–Crippen LogP) is 1.31. The number of rotatable bonds is 5. The summed E-state index contributed by atoms with van der Waals surface area (Å²) in [5.41, 5.74) is 6.20. The summed E-state index contributed by atoms with van der Waals surface area (Å²) < 4.78 is 1.55. The third-order valence-corrected chi connectivity index (χ3v) is 4.47. The number of hydrogen-bond acceptors (Lipinski definition) is 4. The number of carbonyl (C=O) groups is 1. The number of nitrogens with two attached hydrogens (primary N) is 1. The largest absolute Gasteiger partial charge is 0.351 e. The third-order valence-electron chi connectivity index (χ3n) is 4.47. The normalized spacial score (nSPS) is 26.0. The maximum atomic E-state index is 12.2. The molecule has 0 radical (unpaired) electrons. The second-order valence-corrected chi connectivity index (χ2v) is 6.61. The van der Waals surface area contributed by atoms with Crippen LogP contribution in [-0.2, 0) is 17.9 Å². The lowest BCUT2D eigenvalue weighted by atomic mass is 9.74. The minimum Gasteiger partial charge on any atom is -0.351 e. The molecule has 1 fully saturated rings. The van der Waals surface area contributed by atoms with Gasteiger partial charge in [-0.2, -0.15) is 0 Å². The van der Waals surface area contributed by atoms with Crippen molar-refractivity contribution in [2.75, 3.05) is 0 Å². The van der Waals surface area contributed by atoms with Gasteiger partial charge in [-0.15, -0.1) is 5.10 Å². The summed E-state index contributed by atoms with van der Waals surface area (Å²) in [6.45, 7) is 7.30. The molecular weight excluding hydrogens is 266 g/mol.